The maximum atomic E-state index is 11.9. The van der Waals surface area contributed by atoms with Crippen LogP contribution in [0.1, 0.15) is 39.0 Å². The number of nitrogens with one attached hydrogen (secondary N) is 1. The van der Waals surface area contributed by atoms with Crippen LogP contribution in [-0.4, -0.2) is 11.0 Å². The van der Waals surface area contributed by atoms with E-state index in [0.717, 1.165) is 24.0 Å². The molecule has 1 heterocycles. The summed E-state index contributed by atoms with van der Waals surface area (Å²) in [5.41, 5.74) is 0.201. The van der Waals surface area contributed by atoms with E-state index in [1.54, 1.807) is 18.2 Å². The molecule has 0 saturated carbocycles. The van der Waals surface area contributed by atoms with Crippen molar-refractivity contribution in [3.63, 3.8) is 0 Å². The minimum absolute atomic E-state index is 0.196. The minimum atomic E-state index is -0.518. The van der Waals surface area contributed by atoms with Gasteiger partial charge in [-0.25, -0.2) is 4.79 Å². The molecule has 2 rings (SSSR count). The number of carbonyl (C=O) groups is 1. The molecule has 0 aliphatic rings. The van der Waals surface area contributed by atoms with E-state index >= 15 is 0 Å². The first-order chi connectivity index (χ1) is 10.7. The van der Waals surface area contributed by atoms with Crippen molar-refractivity contribution in [3.05, 3.63) is 40.8 Å². The zero-order valence-electron chi connectivity index (χ0n) is 12.8. The van der Waals surface area contributed by atoms with Gasteiger partial charge in [0.15, 0.2) is 0 Å². The summed E-state index contributed by atoms with van der Waals surface area (Å²) >= 11 is 1.21. The molecule has 1 aromatic heterocycles. The van der Waals surface area contributed by atoms with E-state index in [-0.39, 0.29) is 10.9 Å². The molecular formula is C17H21NO3S. The Morgan fingerprint density at radius 1 is 1.18 bits per heavy atom. The summed E-state index contributed by atoms with van der Waals surface area (Å²) in [6.45, 7) is 2.18. The van der Waals surface area contributed by atoms with Crippen LogP contribution in [0.4, 0.5) is 10.5 Å². The smallest absolute Gasteiger partial charge is 0.360 e. The van der Waals surface area contributed by atoms with E-state index < -0.39 is 5.63 Å². The Bertz CT molecular complexity index is 681. The largest absolute Gasteiger partial charge is 0.421 e. The first-order valence-corrected chi connectivity index (χ1v) is 8.66. The zero-order valence-corrected chi connectivity index (χ0v) is 13.6. The molecule has 22 heavy (non-hydrogen) atoms. The van der Waals surface area contributed by atoms with Crippen LogP contribution in [0.2, 0.25) is 0 Å². The Labute approximate surface area is 134 Å². The number of benzene rings is 1. The topological polar surface area (TPSA) is 59.3 Å². The quantitative estimate of drug-likeness (QED) is 0.574. The number of carbonyl (C=O) groups excluding carboxylic acids is 1. The monoisotopic (exact) mass is 319 g/mol. The summed E-state index contributed by atoms with van der Waals surface area (Å²) in [6, 6.07) is 8.89. The second-order valence-corrected chi connectivity index (χ2v) is 6.23. The lowest BCUT2D eigenvalue weighted by Gasteiger charge is -2.05. The molecule has 4 nitrogen and oxygen atoms in total. The summed E-state index contributed by atoms with van der Waals surface area (Å²) in [5, 5.41) is 3.21. The van der Waals surface area contributed by atoms with Crippen LogP contribution in [-0.2, 0) is 0 Å². The highest BCUT2D eigenvalue weighted by Crippen LogP contribution is 2.17. The van der Waals surface area contributed by atoms with Gasteiger partial charge in [-0.05, 0) is 18.6 Å². The zero-order chi connectivity index (χ0) is 15.8. The molecule has 0 radical (unpaired) electrons. The molecule has 0 spiro atoms. The molecule has 0 saturated heterocycles. The molecule has 0 bridgehead atoms. The van der Waals surface area contributed by atoms with Gasteiger partial charge in [-0.15, -0.1) is 0 Å². The van der Waals surface area contributed by atoms with Crippen LogP contribution in [0.15, 0.2) is 39.5 Å². The number of para-hydroxylation sites is 1. The van der Waals surface area contributed by atoms with E-state index in [0.29, 0.717) is 5.58 Å². The van der Waals surface area contributed by atoms with Crippen molar-refractivity contribution in [1.29, 1.82) is 0 Å². The average Bonchev–Trinajstić information content (AvgIpc) is 2.51. The molecular weight excluding hydrogens is 298 g/mol. The van der Waals surface area contributed by atoms with Crippen molar-refractivity contribution in [3.8, 4) is 0 Å². The van der Waals surface area contributed by atoms with Gasteiger partial charge < -0.3 is 9.73 Å². The van der Waals surface area contributed by atoms with Gasteiger partial charge in [0.25, 0.3) is 5.24 Å². The van der Waals surface area contributed by atoms with Gasteiger partial charge in [0.1, 0.15) is 11.3 Å². The van der Waals surface area contributed by atoms with Crippen molar-refractivity contribution in [2.45, 2.75) is 39.0 Å². The fraction of sp³-hybridized carbons (Fsp3) is 0.412. The normalized spacial score (nSPS) is 10.8. The molecule has 0 unspecified atom stereocenters. The van der Waals surface area contributed by atoms with Crippen molar-refractivity contribution in [2.24, 2.45) is 0 Å². The molecule has 118 valence electrons. The molecule has 1 amide bonds. The maximum absolute atomic E-state index is 11.9. The molecule has 0 fully saturated rings. The fourth-order valence-corrected chi connectivity index (χ4v) is 2.88. The van der Waals surface area contributed by atoms with Crippen molar-refractivity contribution in [2.75, 3.05) is 11.1 Å². The van der Waals surface area contributed by atoms with Crippen LogP contribution in [0.5, 0.6) is 0 Å². The molecule has 5 heteroatoms. The summed E-state index contributed by atoms with van der Waals surface area (Å²) in [5.74, 6) is 0.772. The minimum Gasteiger partial charge on any atom is -0.421 e. The number of thioether (sulfide) groups is 1. The Balaban J connectivity index is 1.86. The third-order valence-electron chi connectivity index (χ3n) is 3.36. The van der Waals surface area contributed by atoms with Crippen LogP contribution >= 0.6 is 11.8 Å². The van der Waals surface area contributed by atoms with E-state index in [1.165, 1.54) is 31.0 Å². The average molecular weight is 319 g/mol. The molecule has 0 aliphatic heterocycles. The number of hydrogen-bond donors (Lipinski definition) is 1. The summed E-state index contributed by atoms with van der Waals surface area (Å²) in [6.07, 6.45) is 5.84. The van der Waals surface area contributed by atoms with E-state index in [9.17, 15) is 9.59 Å². The van der Waals surface area contributed by atoms with Crippen LogP contribution < -0.4 is 10.9 Å². The highest BCUT2D eigenvalue weighted by molar-refractivity contribution is 8.13. The van der Waals surface area contributed by atoms with E-state index in [4.69, 9.17) is 4.42 Å². The lowest BCUT2D eigenvalue weighted by molar-refractivity contribution is 0.269. The Morgan fingerprint density at radius 3 is 2.77 bits per heavy atom. The summed E-state index contributed by atoms with van der Waals surface area (Å²) in [4.78, 5) is 23.7. The first kappa shape index (κ1) is 16.6. The number of hydrogen-bond acceptors (Lipinski definition) is 4. The van der Waals surface area contributed by atoms with Gasteiger partial charge >= 0.3 is 5.63 Å². The van der Waals surface area contributed by atoms with Gasteiger partial charge in [-0.2, -0.15) is 0 Å². The number of amides is 1. The van der Waals surface area contributed by atoms with Gasteiger partial charge in [-0.1, -0.05) is 62.6 Å². The first-order valence-electron chi connectivity index (χ1n) is 7.67. The Hall–Kier alpha value is -1.75. The second-order valence-electron chi connectivity index (χ2n) is 5.16. The highest BCUT2D eigenvalue weighted by atomic mass is 32.2. The van der Waals surface area contributed by atoms with Gasteiger partial charge in [-0.3, -0.25) is 4.79 Å². The number of fused-ring (bicyclic) bond motifs is 1. The maximum Gasteiger partial charge on any atom is 0.360 e. The molecule has 1 aromatic carbocycles. The van der Waals surface area contributed by atoms with Crippen LogP contribution in [0, 0.1) is 0 Å². The standard InChI is InChI=1S/C17H21NO3S/c1-2-3-4-5-8-11-22-17(20)18-14-12-13-9-6-7-10-15(13)21-16(14)19/h6-7,9-10,12H,2-5,8,11H2,1H3,(H,18,20). The van der Waals surface area contributed by atoms with Crippen molar-refractivity contribution in [1.82, 2.24) is 0 Å². The number of unbranched alkanes of at least 4 members (excludes halogenated alkanes) is 4. The van der Waals surface area contributed by atoms with E-state index in [1.807, 2.05) is 12.1 Å². The lowest BCUT2D eigenvalue weighted by atomic mass is 10.2. The molecule has 1 N–H and O–H groups in total. The van der Waals surface area contributed by atoms with Crippen molar-refractivity contribution < 1.29 is 9.21 Å². The Morgan fingerprint density at radius 2 is 1.95 bits per heavy atom. The van der Waals surface area contributed by atoms with Crippen molar-refractivity contribution >= 4 is 33.7 Å². The fourth-order valence-electron chi connectivity index (χ4n) is 2.17. The lowest BCUT2D eigenvalue weighted by Crippen LogP contribution is -2.14. The van der Waals surface area contributed by atoms with E-state index in [2.05, 4.69) is 12.2 Å². The number of rotatable bonds is 7. The third kappa shape index (κ3) is 4.91. The molecule has 0 aliphatic carbocycles. The van der Waals surface area contributed by atoms with Crippen LogP contribution in [0.25, 0.3) is 11.0 Å². The van der Waals surface area contributed by atoms with Gasteiger partial charge in [0.2, 0.25) is 0 Å². The predicted molar refractivity (Wildman–Crippen MR) is 92.7 cm³/mol. The Kier molecular flexibility index (Phi) is 6.52. The third-order valence-corrected chi connectivity index (χ3v) is 4.22. The SMILES string of the molecule is CCCCCCCSC(=O)Nc1cc2ccccc2oc1=O. The summed E-state index contributed by atoms with van der Waals surface area (Å²) < 4.78 is 5.18. The predicted octanol–water partition coefficient (Wildman–Crippen LogP) is 5.03. The molecule has 0 atom stereocenters. The molecule has 2 aromatic rings. The van der Waals surface area contributed by atoms with Gasteiger partial charge in [0, 0.05) is 11.1 Å². The van der Waals surface area contributed by atoms with Crippen LogP contribution in [0.3, 0.4) is 0 Å². The van der Waals surface area contributed by atoms with Gasteiger partial charge in [0.05, 0.1) is 0 Å². The summed E-state index contributed by atoms with van der Waals surface area (Å²) in [7, 11) is 0. The second kappa shape index (κ2) is 8.63. The highest BCUT2D eigenvalue weighted by Gasteiger charge is 2.09. The number of anilines is 1.